The third-order valence-corrected chi connectivity index (χ3v) is 5.65. The van der Waals surface area contributed by atoms with Crippen molar-refractivity contribution < 1.29 is 9.53 Å². The van der Waals surface area contributed by atoms with Crippen molar-refractivity contribution in [2.45, 2.75) is 24.3 Å². The summed E-state index contributed by atoms with van der Waals surface area (Å²) in [5, 5.41) is 3.31. The standard InChI is InChI=1S/C21H20BrN3O3S/c1-13-18(11-19(26)24-16-8-6-15(22)7-9-16)20(27)25-21(23-13)29-12-14-4-3-5-17(10-14)28-2/h3-10H,11-12H2,1-2H3,(H,24,26)(H,23,25,27). The van der Waals surface area contributed by atoms with Gasteiger partial charge in [-0.1, -0.05) is 39.8 Å². The van der Waals surface area contributed by atoms with Crippen LogP contribution in [0.15, 0.2) is 63.0 Å². The van der Waals surface area contributed by atoms with Crippen molar-refractivity contribution in [2.24, 2.45) is 0 Å². The van der Waals surface area contributed by atoms with Gasteiger partial charge in [0.05, 0.1) is 13.5 Å². The molecule has 150 valence electrons. The molecule has 0 saturated carbocycles. The van der Waals surface area contributed by atoms with E-state index in [1.54, 1.807) is 26.2 Å². The molecule has 0 bridgehead atoms. The molecule has 0 aliphatic heterocycles. The monoisotopic (exact) mass is 473 g/mol. The molecule has 0 fully saturated rings. The summed E-state index contributed by atoms with van der Waals surface area (Å²) >= 11 is 4.78. The zero-order valence-electron chi connectivity index (χ0n) is 16.0. The first-order valence-corrected chi connectivity index (χ1v) is 10.6. The Morgan fingerprint density at radius 2 is 2.00 bits per heavy atom. The average molecular weight is 474 g/mol. The van der Waals surface area contributed by atoms with Crippen LogP contribution in [-0.2, 0) is 17.0 Å². The molecule has 6 nitrogen and oxygen atoms in total. The Labute approximate surface area is 181 Å². The number of aromatic amines is 1. The van der Waals surface area contributed by atoms with Crippen molar-refractivity contribution in [1.29, 1.82) is 0 Å². The molecule has 0 saturated heterocycles. The van der Waals surface area contributed by atoms with E-state index < -0.39 is 0 Å². The number of aryl methyl sites for hydroxylation is 1. The molecule has 0 unspecified atom stereocenters. The van der Waals surface area contributed by atoms with Gasteiger partial charge in [0.15, 0.2) is 5.16 Å². The molecule has 0 atom stereocenters. The molecule has 2 aromatic carbocycles. The van der Waals surface area contributed by atoms with E-state index in [0.717, 1.165) is 15.8 Å². The van der Waals surface area contributed by atoms with Gasteiger partial charge in [0.1, 0.15) is 5.75 Å². The second-order valence-corrected chi connectivity index (χ2v) is 8.19. The van der Waals surface area contributed by atoms with E-state index in [-0.39, 0.29) is 17.9 Å². The number of thioether (sulfide) groups is 1. The Hall–Kier alpha value is -2.58. The molecule has 29 heavy (non-hydrogen) atoms. The fraction of sp³-hybridized carbons (Fsp3) is 0.190. The predicted molar refractivity (Wildman–Crippen MR) is 119 cm³/mol. The largest absolute Gasteiger partial charge is 0.497 e. The lowest BCUT2D eigenvalue weighted by molar-refractivity contribution is -0.115. The number of anilines is 1. The molecule has 3 rings (SSSR count). The Balaban J connectivity index is 1.66. The van der Waals surface area contributed by atoms with Gasteiger partial charge in [-0.05, 0) is 48.9 Å². The zero-order chi connectivity index (χ0) is 20.8. The highest BCUT2D eigenvalue weighted by molar-refractivity contribution is 9.10. The van der Waals surface area contributed by atoms with Gasteiger partial charge < -0.3 is 15.0 Å². The highest BCUT2D eigenvalue weighted by Gasteiger charge is 2.13. The Morgan fingerprint density at radius 3 is 2.69 bits per heavy atom. The number of hydrogen-bond donors (Lipinski definition) is 2. The van der Waals surface area contributed by atoms with E-state index in [2.05, 4.69) is 31.2 Å². The Bertz CT molecular complexity index is 1070. The van der Waals surface area contributed by atoms with E-state index in [1.807, 2.05) is 36.4 Å². The highest BCUT2D eigenvalue weighted by Crippen LogP contribution is 2.22. The van der Waals surface area contributed by atoms with E-state index in [1.165, 1.54) is 11.8 Å². The lowest BCUT2D eigenvalue weighted by Gasteiger charge is -2.09. The maximum Gasteiger partial charge on any atom is 0.255 e. The average Bonchev–Trinajstić information content (AvgIpc) is 2.71. The van der Waals surface area contributed by atoms with Crippen molar-refractivity contribution in [1.82, 2.24) is 9.97 Å². The lowest BCUT2D eigenvalue weighted by Crippen LogP contribution is -2.23. The lowest BCUT2D eigenvalue weighted by atomic mass is 10.1. The van der Waals surface area contributed by atoms with Crippen LogP contribution < -0.4 is 15.6 Å². The fourth-order valence-electron chi connectivity index (χ4n) is 2.67. The molecular weight excluding hydrogens is 454 g/mol. The summed E-state index contributed by atoms with van der Waals surface area (Å²) in [5.74, 6) is 1.16. The number of nitrogens with zero attached hydrogens (tertiary/aromatic N) is 1. The molecule has 1 amide bonds. The van der Waals surface area contributed by atoms with Crippen LogP contribution in [0.1, 0.15) is 16.8 Å². The molecule has 1 aromatic heterocycles. The maximum absolute atomic E-state index is 12.5. The zero-order valence-corrected chi connectivity index (χ0v) is 18.4. The molecule has 8 heteroatoms. The molecule has 0 radical (unpaired) electrons. The molecule has 1 heterocycles. The third kappa shape index (κ3) is 5.95. The maximum atomic E-state index is 12.5. The summed E-state index contributed by atoms with van der Waals surface area (Å²) in [6.45, 7) is 1.74. The highest BCUT2D eigenvalue weighted by atomic mass is 79.9. The number of halogens is 1. The SMILES string of the molecule is COc1cccc(CSc2nc(C)c(CC(=O)Nc3ccc(Br)cc3)c(=O)[nH]2)c1. The van der Waals surface area contributed by atoms with Gasteiger partial charge in [0, 0.05) is 27.2 Å². The van der Waals surface area contributed by atoms with Crippen molar-refractivity contribution in [3.63, 3.8) is 0 Å². The first-order chi connectivity index (χ1) is 13.9. The molecular formula is C21H20BrN3O3S. The van der Waals surface area contributed by atoms with E-state index in [0.29, 0.717) is 27.9 Å². The summed E-state index contributed by atoms with van der Waals surface area (Å²) in [7, 11) is 1.63. The smallest absolute Gasteiger partial charge is 0.255 e. The molecule has 3 aromatic rings. The van der Waals surface area contributed by atoms with Crippen molar-refractivity contribution in [2.75, 3.05) is 12.4 Å². The molecule has 0 spiro atoms. The van der Waals surface area contributed by atoms with Gasteiger partial charge >= 0.3 is 0 Å². The van der Waals surface area contributed by atoms with Crippen LogP contribution >= 0.6 is 27.7 Å². The van der Waals surface area contributed by atoms with E-state index in [9.17, 15) is 9.59 Å². The van der Waals surface area contributed by atoms with Crippen LogP contribution in [0.25, 0.3) is 0 Å². The second kappa shape index (κ2) is 9.76. The van der Waals surface area contributed by atoms with Gasteiger partial charge in [0.2, 0.25) is 5.91 Å². The van der Waals surface area contributed by atoms with Gasteiger partial charge in [-0.15, -0.1) is 0 Å². The minimum Gasteiger partial charge on any atom is -0.497 e. The minimum absolute atomic E-state index is 0.0366. The summed E-state index contributed by atoms with van der Waals surface area (Å²) in [6, 6.07) is 15.0. The summed E-state index contributed by atoms with van der Waals surface area (Å²) in [5.41, 5.74) is 2.35. The Morgan fingerprint density at radius 1 is 1.24 bits per heavy atom. The number of rotatable bonds is 7. The topological polar surface area (TPSA) is 84.1 Å². The minimum atomic E-state index is -0.295. The first kappa shape index (κ1) is 21.1. The van der Waals surface area contributed by atoms with Gasteiger partial charge in [-0.3, -0.25) is 9.59 Å². The van der Waals surface area contributed by atoms with Crippen molar-refractivity contribution in [3.8, 4) is 5.75 Å². The summed E-state index contributed by atoms with van der Waals surface area (Å²) in [4.78, 5) is 32.0. The number of hydrogen-bond acceptors (Lipinski definition) is 5. The molecule has 0 aliphatic rings. The number of methoxy groups -OCH3 is 1. The van der Waals surface area contributed by atoms with Gasteiger partial charge in [0.25, 0.3) is 5.56 Å². The normalized spacial score (nSPS) is 10.6. The van der Waals surface area contributed by atoms with Crippen LogP contribution in [0.2, 0.25) is 0 Å². The number of amides is 1. The van der Waals surface area contributed by atoms with E-state index >= 15 is 0 Å². The number of benzene rings is 2. The van der Waals surface area contributed by atoms with Crippen LogP contribution in [0.5, 0.6) is 5.75 Å². The van der Waals surface area contributed by atoms with Crippen molar-refractivity contribution >= 4 is 39.3 Å². The quantitative estimate of drug-likeness (QED) is 0.394. The van der Waals surface area contributed by atoms with Gasteiger partial charge in [-0.25, -0.2) is 4.98 Å². The number of nitrogens with one attached hydrogen (secondary N) is 2. The fourth-order valence-corrected chi connectivity index (χ4v) is 3.79. The number of H-pyrrole nitrogens is 1. The number of carbonyl (C=O) groups excluding carboxylic acids is 1. The van der Waals surface area contributed by atoms with E-state index in [4.69, 9.17) is 4.74 Å². The van der Waals surface area contributed by atoms with Crippen LogP contribution in [0, 0.1) is 6.92 Å². The second-order valence-electron chi connectivity index (χ2n) is 6.31. The number of carbonyl (C=O) groups is 1. The summed E-state index contributed by atoms with van der Waals surface area (Å²) < 4.78 is 6.15. The van der Waals surface area contributed by atoms with Gasteiger partial charge in [-0.2, -0.15) is 0 Å². The van der Waals surface area contributed by atoms with Crippen LogP contribution in [0.3, 0.4) is 0 Å². The molecule has 0 aliphatic carbocycles. The number of ether oxygens (including phenoxy) is 1. The molecule has 2 N–H and O–H groups in total. The first-order valence-electron chi connectivity index (χ1n) is 8.85. The van der Waals surface area contributed by atoms with Crippen molar-refractivity contribution in [3.05, 3.63) is 80.2 Å². The van der Waals surface area contributed by atoms with Crippen LogP contribution in [0.4, 0.5) is 5.69 Å². The predicted octanol–water partition coefficient (Wildman–Crippen LogP) is 4.32. The Kier molecular flexibility index (Phi) is 7.11. The number of aromatic nitrogens is 2. The third-order valence-electron chi connectivity index (χ3n) is 4.18. The van der Waals surface area contributed by atoms with Crippen LogP contribution in [-0.4, -0.2) is 23.0 Å². The summed E-state index contributed by atoms with van der Waals surface area (Å²) in [6.07, 6.45) is -0.0366.